The summed E-state index contributed by atoms with van der Waals surface area (Å²) in [4.78, 5) is 20.5. The maximum absolute atomic E-state index is 13.6. The van der Waals surface area contributed by atoms with Crippen molar-refractivity contribution in [3.63, 3.8) is 0 Å². The van der Waals surface area contributed by atoms with Gasteiger partial charge < -0.3 is 10.0 Å². The highest BCUT2D eigenvalue weighted by atomic mass is 16.3. The molecule has 0 unspecified atom stereocenters. The number of hydrogen-bond acceptors (Lipinski definition) is 4. The van der Waals surface area contributed by atoms with Crippen molar-refractivity contribution < 1.29 is 9.90 Å². The number of likely N-dealkylation sites (tertiary alicyclic amines) is 1. The molecule has 0 saturated carbocycles. The molecule has 4 rings (SSSR count). The molecule has 3 heterocycles. The smallest absolute Gasteiger partial charge is 0.254 e. The molecule has 152 valence electrons. The molecule has 6 heteroatoms. The number of carbonyl (C=O) groups is 1. The number of pyridine rings is 1. The van der Waals surface area contributed by atoms with Crippen LogP contribution in [0.4, 0.5) is 0 Å². The van der Waals surface area contributed by atoms with Crippen molar-refractivity contribution in [2.75, 3.05) is 13.2 Å². The zero-order valence-electron chi connectivity index (χ0n) is 17.4. The summed E-state index contributed by atoms with van der Waals surface area (Å²) >= 11 is 0. The molecule has 1 fully saturated rings. The van der Waals surface area contributed by atoms with Gasteiger partial charge in [0.1, 0.15) is 0 Å². The van der Waals surface area contributed by atoms with E-state index in [1.807, 2.05) is 23.2 Å². The highest BCUT2D eigenvalue weighted by Gasteiger charge is 2.26. The molecule has 29 heavy (non-hydrogen) atoms. The van der Waals surface area contributed by atoms with E-state index >= 15 is 0 Å². The number of amides is 1. The Morgan fingerprint density at radius 3 is 2.86 bits per heavy atom. The highest BCUT2D eigenvalue weighted by Crippen LogP contribution is 2.30. The zero-order valence-corrected chi connectivity index (χ0v) is 17.4. The Bertz CT molecular complexity index is 1060. The van der Waals surface area contributed by atoms with Crippen molar-refractivity contribution >= 4 is 16.8 Å². The Morgan fingerprint density at radius 2 is 2.10 bits per heavy atom. The summed E-state index contributed by atoms with van der Waals surface area (Å²) in [7, 11) is 0. The third-order valence-electron chi connectivity index (χ3n) is 6.06. The normalized spacial score (nSPS) is 17.1. The number of carbonyl (C=O) groups excluding carboxylic acids is 1. The number of aliphatic hydroxyl groups is 1. The van der Waals surface area contributed by atoms with Crippen molar-refractivity contribution in [1.29, 1.82) is 0 Å². The molecule has 0 bridgehead atoms. The molecule has 1 N–H and O–H groups in total. The number of aromatic nitrogens is 3. The van der Waals surface area contributed by atoms with Crippen LogP contribution in [0.2, 0.25) is 0 Å². The number of aryl methyl sites for hydroxylation is 2. The van der Waals surface area contributed by atoms with E-state index in [2.05, 4.69) is 31.9 Å². The van der Waals surface area contributed by atoms with Gasteiger partial charge in [-0.25, -0.2) is 4.98 Å². The molecule has 0 spiro atoms. The first-order valence-corrected chi connectivity index (χ1v) is 10.3. The zero-order chi connectivity index (χ0) is 20.5. The summed E-state index contributed by atoms with van der Waals surface area (Å²) in [6.45, 7) is 7.52. The maximum Gasteiger partial charge on any atom is 0.254 e. The van der Waals surface area contributed by atoms with Gasteiger partial charge in [-0.15, -0.1) is 0 Å². The molecular weight excluding hydrogens is 364 g/mol. The first-order chi connectivity index (χ1) is 14.0. The van der Waals surface area contributed by atoms with Gasteiger partial charge in [0.15, 0.2) is 0 Å². The summed E-state index contributed by atoms with van der Waals surface area (Å²) in [6.07, 6.45) is 6.89. The quantitative estimate of drug-likeness (QED) is 0.735. The molecular formula is C23H28N4O2. The Kier molecular flexibility index (Phi) is 5.37. The van der Waals surface area contributed by atoms with Crippen LogP contribution in [0, 0.1) is 13.8 Å². The number of benzene rings is 1. The minimum atomic E-state index is 0.0289. The molecule has 1 amide bonds. The predicted molar refractivity (Wildman–Crippen MR) is 114 cm³/mol. The van der Waals surface area contributed by atoms with Crippen molar-refractivity contribution in [2.45, 2.75) is 52.6 Å². The molecule has 0 radical (unpaired) electrons. The third kappa shape index (κ3) is 3.65. The van der Waals surface area contributed by atoms with Crippen molar-refractivity contribution in [3.05, 3.63) is 47.3 Å². The van der Waals surface area contributed by atoms with Crippen LogP contribution in [-0.2, 0) is 6.54 Å². The average Bonchev–Trinajstić information content (AvgIpc) is 3.19. The largest absolute Gasteiger partial charge is 0.394 e. The lowest BCUT2D eigenvalue weighted by Gasteiger charge is -2.33. The first kappa shape index (κ1) is 19.6. The van der Waals surface area contributed by atoms with Gasteiger partial charge in [-0.2, -0.15) is 5.10 Å². The topological polar surface area (TPSA) is 71.2 Å². The van der Waals surface area contributed by atoms with Gasteiger partial charge in [0.25, 0.3) is 5.91 Å². The Balaban J connectivity index is 1.87. The second kappa shape index (κ2) is 7.95. The molecule has 1 aliphatic heterocycles. The molecule has 1 saturated heterocycles. The number of aliphatic hydroxyl groups excluding tert-OH is 1. The van der Waals surface area contributed by atoms with E-state index in [1.54, 1.807) is 10.9 Å². The number of nitrogens with zero attached hydrogens (tertiary/aromatic N) is 4. The molecule has 1 atom stereocenters. The van der Waals surface area contributed by atoms with Gasteiger partial charge in [-0.3, -0.25) is 9.48 Å². The average molecular weight is 393 g/mol. The van der Waals surface area contributed by atoms with E-state index in [0.717, 1.165) is 52.7 Å². The Labute approximate surface area is 171 Å². The Hall–Kier alpha value is -2.73. The van der Waals surface area contributed by atoms with E-state index < -0.39 is 0 Å². The molecule has 1 aromatic carbocycles. The van der Waals surface area contributed by atoms with Crippen LogP contribution in [-0.4, -0.2) is 49.9 Å². The highest BCUT2D eigenvalue weighted by molar-refractivity contribution is 6.08. The van der Waals surface area contributed by atoms with Gasteiger partial charge in [-0.05, 0) is 57.2 Å². The van der Waals surface area contributed by atoms with Gasteiger partial charge in [0, 0.05) is 29.7 Å². The van der Waals surface area contributed by atoms with E-state index in [-0.39, 0.29) is 18.6 Å². The summed E-state index contributed by atoms with van der Waals surface area (Å²) in [6, 6.07) is 6.24. The van der Waals surface area contributed by atoms with E-state index in [4.69, 9.17) is 10.1 Å². The van der Waals surface area contributed by atoms with E-state index in [0.29, 0.717) is 12.1 Å². The van der Waals surface area contributed by atoms with E-state index in [1.165, 1.54) is 6.42 Å². The fourth-order valence-corrected chi connectivity index (χ4v) is 4.13. The minimum Gasteiger partial charge on any atom is -0.394 e. The SMILES string of the molecule is Cc1ccc2c(C(=O)N3CCCC[C@@H]3C)cc(-c3cnn(CCO)c3)nc2c1C. The second-order valence-corrected chi connectivity index (χ2v) is 8.02. The molecule has 0 aliphatic carbocycles. The fraction of sp³-hybridized carbons (Fsp3) is 0.435. The maximum atomic E-state index is 13.6. The number of hydrogen-bond donors (Lipinski definition) is 1. The third-order valence-corrected chi connectivity index (χ3v) is 6.06. The van der Waals surface area contributed by atoms with Crippen LogP contribution in [0.1, 0.15) is 47.7 Å². The lowest BCUT2D eigenvalue weighted by atomic mass is 9.97. The van der Waals surface area contributed by atoms with Crippen LogP contribution < -0.4 is 0 Å². The minimum absolute atomic E-state index is 0.0289. The lowest BCUT2D eigenvalue weighted by molar-refractivity contribution is 0.0637. The monoisotopic (exact) mass is 392 g/mol. The molecule has 6 nitrogen and oxygen atoms in total. The van der Waals surface area contributed by atoms with Crippen LogP contribution >= 0.6 is 0 Å². The van der Waals surface area contributed by atoms with Crippen LogP contribution in [0.3, 0.4) is 0 Å². The van der Waals surface area contributed by atoms with Gasteiger partial charge in [-0.1, -0.05) is 12.1 Å². The number of rotatable bonds is 4. The van der Waals surface area contributed by atoms with Gasteiger partial charge >= 0.3 is 0 Å². The van der Waals surface area contributed by atoms with Gasteiger partial charge in [0.05, 0.1) is 36.1 Å². The Morgan fingerprint density at radius 1 is 1.28 bits per heavy atom. The summed E-state index contributed by atoms with van der Waals surface area (Å²) in [5, 5.41) is 14.4. The van der Waals surface area contributed by atoms with Crippen LogP contribution in [0.5, 0.6) is 0 Å². The number of fused-ring (bicyclic) bond motifs is 1. The summed E-state index contributed by atoms with van der Waals surface area (Å²) in [5.74, 6) is 0.0804. The number of piperidine rings is 1. The second-order valence-electron chi connectivity index (χ2n) is 8.02. The standard InChI is InChI=1S/C23H28N4O2/c1-15-7-8-19-20(23(29)27-9-5-4-6-16(27)2)12-21(25-22(19)17(15)3)18-13-24-26(14-18)10-11-28/h7-8,12-14,16,28H,4-6,9-11H2,1-3H3/t16-/m0/s1. The van der Waals surface area contributed by atoms with E-state index in [9.17, 15) is 4.79 Å². The molecule has 2 aromatic heterocycles. The van der Waals surface area contributed by atoms with Gasteiger partial charge in [0.2, 0.25) is 0 Å². The van der Waals surface area contributed by atoms with Crippen molar-refractivity contribution in [3.8, 4) is 11.3 Å². The van der Waals surface area contributed by atoms with Crippen LogP contribution in [0.15, 0.2) is 30.6 Å². The van der Waals surface area contributed by atoms with Crippen molar-refractivity contribution in [2.24, 2.45) is 0 Å². The summed E-state index contributed by atoms with van der Waals surface area (Å²) in [5.41, 5.74) is 5.41. The lowest BCUT2D eigenvalue weighted by Crippen LogP contribution is -2.42. The molecule has 1 aliphatic rings. The predicted octanol–water partition coefficient (Wildman–Crippen LogP) is 3.72. The van der Waals surface area contributed by atoms with Crippen LogP contribution in [0.25, 0.3) is 22.2 Å². The fourth-order valence-electron chi connectivity index (χ4n) is 4.13. The molecule has 3 aromatic rings. The summed E-state index contributed by atoms with van der Waals surface area (Å²) < 4.78 is 1.69. The van der Waals surface area contributed by atoms with Crippen molar-refractivity contribution in [1.82, 2.24) is 19.7 Å². The first-order valence-electron chi connectivity index (χ1n) is 10.3.